The standard InChI is InChI=1S/C10H15N3O2/c1-3-15-10(14)6-13-9-4-7(2)8(11)5-12-9/h4-5H,3,6,11H2,1-2H3,(H,12,13). The molecule has 3 N–H and O–H groups in total. The number of rotatable bonds is 4. The molecule has 1 aromatic heterocycles. The Balaban J connectivity index is 2.51. The fourth-order valence-corrected chi connectivity index (χ4v) is 1.04. The van der Waals surface area contributed by atoms with Crippen LogP contribution in [-0.4, -0.2) is 24.1 Å². The van der Waals surface area contributed by atoms with Crippen LogP contribution in [0.25, 0.3) is 0 Å². The number of nitrogen functional groups attached to an aromatic ring is 1. The molecule has 0 atom stereocenters. The maximum atomic E-state index is 11.0. The highest BCUT2D eigenvalue weighted by Crippen LogP contribution is 2.12. The fraction of sp³-hybridized carbons (Fsp3) is 0.400. The SMILES string of the molecule is CCOC(=O)CNc1cc(C)c(N)cn1. The molecule has 0 aliphatic carbocycles. The normalized spacial score (nSPS) is 9.73. The lowest BCUT2D eigenvalue weighted by atomic mass is 10.2. The first kappa shape index (κ1) is 11.3. The van der Waals surface area contributed by atoms with E-state index in [1.165, 1.54) is 0 Å². The van der Waals surface area contributed by atoms with Crippen LogP contribution >= 0.6 is 0 Å². The van der Waals surface area contributed by atoms with E-state index in [0.717, 1.165) is 5.56 Å². The van der Waals surface area contributed by atoms with E-state index in [1.54, 1.807) is 19.2 Å². The molecule has 1 aromatic rings. The molecule has 0 aliphatic heterocycles. The zero-order valence-electron chi connectivity index (χ0n) is 8.91. The molecule has 0 aliphatic rings. The number of nitrogens with two attached hydrogens (primary N) is 1. The quantitative estimate of drug-likeness (QED) is 0.722. The number of aromatic nitrogens is 1. The summed E-state index contributed by atoms with van der Waals surface area (Å²) >= 11 is 0. The average molecular weight is 209 g/mol. The molecule has 0 unspecified atom stereocenters. The van der Waals surface area contributed by atoms with Crippen molar-refractivity contribution in [2.75, 3.05) is 24.2 Å². The summed E-state index contributed by atoms with van der Waals surface area (Å²) in [4.78, 5) is 15.1. The number of hydrogen-bond donors (Lipinski definition) is 2. The van der Waals surface area contributed by atoms with E-state index in [1.807, 2.05) is 6.92 Å². The van der Waals surface area contributed by atoms with Gasteiger partial charge in [0.1, 0.15) is 12.4 Å². The summed E-state index contributed by atoms with van der Waals surface area (Å²) < 4.78 is 4.76. The molecular weight excluding hydrogens is 194 g/mol. The van der Waals surface area contributed by atoms with Gasteiger partial charge in [0.05, 0.1) is 18.5 Å². The Labute approximate surface area is 88.6 Å². The third kappa shape index (κ3) is 3.46. The van der Waals surface area contributed by atoms with Gasteiger partial charge < -0.3 is 15.8 Å². The molecule has 0 fully saturated rings. The van der Waals surface area contributed by atoms with Crippen LogP contribution in [0.3, 0.4) is 0 Å². The van der Waals surface area contributed by atoms with E-state index < -0.39 is 0 Å². The summed E-state index contributed by atoms with van der Waals surface area (Å²) in [6.45, 7) is 4.15. The maximum Gasteiger partial charge on any atom is 0.325 e. The van der Waals surface area contributed by atoms with Crippen molar-refractivity contribution in [2.24, 2.45) is 0 Å². The molecule has 5 heteroatoms. The summed E-state index contributed by atoms with van der Waals surface area (Å²) in [6.07, 6.45) is 1.56. The molecule has 0 radical (unpaired) electrons. The number of pyridine rings is 1. The Morgan fingerprint density at radius 2 is 2.40 bits per heavy atom. The van der Waals surface area contributed by atoms with Crippen LogP contribution in [0.4, 0.5) is 11.5 Å². The van der Waals surface area contributed by atoms with Gasteiger partial charge in [-0.1, -0.05) is 0 Å². The van der Waals surface area contributed by atoms with Crippen molar-refractivity contribution in [1.29, 1.82) is 0 Å². The molecule has 0 saturated carbocycles. The van der Waals surface area contributed by atoms with E-state index in [4.69, 9.17) is 10.5 Å². The lowest BCUT2D eigenvalue weighted by molar-refractivity contribution is -0.140. The molecule has 0 bridgehead atoms. The average Bonchev–Trinajstić information content (AvgIpc) is 2.20. The van der Waals surface area contributed by atoms with Gasteiger partial charge in [0.25, 0.3) is 0 Å². The summed E-state index contributed by atoms with van der Waals surface area (Å²) in [5.74, 6) is 0.323. The molecule has 15 heavy (non-hydrogen) atoms. The summed E-state index contributed by atoms with van der Waals surface area (Å²) in [7, 11) is 0. The Hall–Kier alpha value is -1.78. The van der Waals surface area contributed by atoms with Gasteiger partial charge in [-0.3, -0.25) is 4.79 Å². The smallest absolute Gasteiger partial charge is 0.325 e. The maximum absolute atomic E-state index is 11.0. The number of carbonyl (C=O) groups excluding carboxylic acids is 1. The molecule has 0 aromatic carbocycles. The van der Waals surface area contributed by atoms with Gasteiger partial charge >= 0.3 is 5.97 Å². The third-order valence-corrected chi connectivity index (χ3v) is 1.87. The van der Waals surface area contributed by atoms with Crippen molar-refractivity contribution in [3.8, 4) is 0 Å². The van der Waals surface area contributed by atoms with Crippen LogP contribution in [-0.2, 0) is 9.53 Å². The minimum absolute atomic E-state index is 0.115. The van der Waals surface area contributed by atoms with Gasteiger partial charge in [-0.05, 0) is 25.5 Å². The first-order valence-corrected chi connectivity index (χ1v) is 4.75. The fourth-order valence-electron chi connectivity index (χ4n) is 1.04. The number of nitrogens with one attached hydrogen (secondary N) is 1. The van der Waals surface area contributed by atoms with Gasteiger partial charge in [0.15, 0.2) is 0 Å². The van der Waals surface area contributed by atoms with Crippen LogP contribution in [0.15, 0.2) is 12.3 Å². The number of aryl methyl sites for hydroxylation is 1. The minimum atomic E-state index is -0.297. The Morgan fingerprint density at radius 3 is 3.00 bits per heavy atom. The van der Waals surface area contributed by atoms with Crippen molar-refractivity contribution in [3.63, 3.8) is 0 Å². The monoisotopic (exact) mass is 209 g/mol. The highest BCUT2D eigenvalue weighted by Gasteiger charge is 2.02. The van der Waals surface area contributed by atoms with Gasteiger partial charge in [0, 0.05) is 0 Å². The predicted molar refractivity (Wildman–Crippen MR) is 58.5 cm³/mol. The number of nitrogens with zero attached hydrogens (tertiary/aromatic N) is 1. The highest BCUT2D eigenvalue weighted by molar-refractivity contribution is 5.74. The molecule has 0 spiro atoms. The number of ether oxygens (including phenoxy) is 1. The van der Waals surface area contributed by atoms with E-state index in [0.29, 0.717) is 18.1 Å². The van der Waals surface area contributed by atoms with Gasteiger partial charge in [-0.2, -0.15) is 0 Å². The second-order valence-corrected chi connectivity index (χ2v) is 3.08. The van der Waals surface area contributed by atoms with Gasteiger partial charge in [-0.15, -0.1) is 0 Å². The summed E-state index contributed by atoms with van der Waals surface area (Å²) in [5, 5.41) is 2.86. The van der Waals surface area contributed by atoms with Crippen LogP contribution in [0.1, 0.15) is 12.5 Å². The van der Waals surface area contributed by atoms with Crippen molar-refractivity contribution in [1.82, 2.24) is 4.98 Å². The molecule has 5 nitrogen and oxygen atoms in total. The Bertz CT molecular complexity index is 353. The Kier molecular flexibility index (Phi) is 3.91. The molecule has 0 amide bonds. The second-order valence-electron chi connectivity index (χ2n) is 3.08. The zero-order valence-corrected chi connectivity index (χ0v) is 8.91. The van der Waals surface area contributed by atoms with Crippen molar-refractivity contribution < 1.29 is 9.53 Å². The summed E-state index contributed by atoms with van der Waals surface area (Å²) in [5.41, 5.74) is 7.17. The van der Waals surface area contributed by atoms with E-state index in [-0.39, 0.29) is 12.5 Å². The number of hydrogen-bond acceptors (Lipinski definition) is 5. The largest absolute Gasteiger partial charge is 0.465 e. The molecular formula is C10H15N3O2. The number of esters is 1. The predicted octanol–water partition coefficient (Wildman–Crippen LogP) is 0.947. The van der Waals surface area contributed by atoms with Crippen LogP contribution in [0.2, 0.25) is 0 Å². The van der Waals surface area contributed by atoms with Gasteiger partial charge in [-0.25, -0.2) is 4.98 Å². The molecule has 0 saturated heterocycles. The van der Waals surface area contributed by atoms with Crippen molar-refractivity contribution in [2.45, 2.75) is 13.8 Å². The lowest BCUT2D eigenvalue weighted by Crippen LogP contribution is -2.17. The van der Waals surface area contributed by atoms with Crippen molar-refractivity contribution in [3.05, 3.63) is 17.8 Å². The molecule has 82 valence electrons. The first-order valence-electron chi connectivity index (χ1n) is 4.75. The van der Waals surface area contributed by atoms with E-state index >= 15 is 0 Å². The third-order valence-electron chi connectivity index (χ3n) is 1.87. The van der Waals surface area contributed by atoms with Crippen LogP contribution < -0.4 is 11.1 Å². The second kappa shape index (κ2) is 5.19. The van der Waals surface area contributed by atoms with Crippen LogP contribution in [0, 0.1) is 6.92 Å². The first-order chi connectivity index (χ1) is 7.13. The van der Waals surface area contributed by atoms with Crippen molar-refractivity contribution >= 4 is 17.5 Å². The number of anilines is 2. The van der Waals surface area contributed by atoms with E-state index in [2.05, 4.69) is 10.3 Å². The minimum Gasteiger partial charge on any atom is -0.465 e. The highest BCUT2D eigenvalue weighted by atomic mass is 16.5. The molecule has 1 heterocycles. The Morgan fingerprint density at radius 1 is 1.67 bits per heavy atom. The topological polar surface area (TPSA) is 77.2 Å². The van der Waals surface area contributed by atoms with Gasteiger partial charge in [0.2, 0.25) is 0 Å². The van der Waals surface area contributed by atoms with E-state index in [9.17, 15) is 4.79 Å². The molecule has 1 rings (SSSR count). The lowest BCUT2D eigenvalue weighted by Gasteiger charge is -2.06. The van der Waals surface area contributed by atoms with Crippen LogP contribution in [0.5, 0.6) is 0 Å². The number of carbonyl (C=O) groups is 1. The zero-order chi connectivity index (χ0) is 11.3. The summed E-state index contributed by atoms with van der Waals surface area (Å²) in [6, 6.07) is 1.79.